The molecule has 1 aromatic rings. The number of pyridine rings is 1. The van der Waals surface area contributed by atoms with Crippen LogP contribution in [0.1, 0.15) is 50.4 Å². The maximum Gasteiger partial charge on any atom is 0.173 e. The molecular formula is C16H26N4O. The lowest BCUT2D eigenvalue weighted by Gasteiger charge is -2.29. The third-order valence-corrected chi connectivity index (χ3v) is 4.22. The fourth-order valence-electron chi connectivity index (χ4n) is 3.02. The SMILES string of the molecule is CC(C)CC(C)N(C)c1nc2c(cc1C(N)=NO)CCC2. The minimum Gasteiger partial charge on any atom is -0.409 e. The van der Waals surface area contributed by atoms with Crippen molar-refractivity contribution in [2.45, 2.75) is 52.5 Å². The number of fused-ring (bicyclic) bond motifs is 1. The first-order chi connectivity index (χ1) is 9.93. The van der Waals surface area contributed by atoms with Gasteiger partial charge in [-0.25, -0.2) is 4.98 Å². The summed E-state index contributed by atoms with van der Waals surface area (Å²) in [7, 11) is 2.03. The molecule has 1 atom stereocenters. The third kappa shape index (κ3) is 3.28. The molecule has 1 aromatic heterocycles. The average Bonchev–Trinajstić information content (AvgIpc) is 2.90. The van der Waals surface area contributed by atoms with Gasteiger partial charge in [0.2, 0.25) is 0 Å². The topological polar surface area (TPSA) is 74.7 Å². The molecule has 1 aliphatic rings. The molecule has 0 aliphatic heterocycles. The minimum absolute atomic E-state index is 0.135. The van der Waals surface area contributed by atoms with E-state index in [4.69, 9.17) is 15.9 Å². The summed E-state index contributed by atoms with van der Waals surface area (Å²) in [6.07, 6.45) is 4.25. The van der Waals surface area contributed by atoms with Gasteiger partial charge in [0.15, 0.2) is 5.84 Å². The van der Waals surface area contributed by atoms with Gasteiger partial charge in [0.05, 0.1) is 5.56 Å². The lowest BCUT2D eigenvalue weighted by Crippen LogP contribution is -2.33. The van der Waals surface area contributed by atoms with E-state index in [9.17, 15) is 0 Å². The van der Waals surface area contributed by atoms with Gasteiger partial charge in [-0.3, -0.25) is 0 Å². The van der Waals surface area contributed by atoms with Crippen molar-refractivity contribution in [1.29, 1.82) is 0 Å². The van der Waals surface area contributed by atoms with Gasteiger partial charge >= 0.3 is 0 Å². The number of rotatable bonds is 5. The number of aryl methyl sites for hydroxylation is 2. The molecular weight excluding hydrogens is 264 g/mol. The summed E-state index contributed by atoms with van der Waals surface area (Å²) >= 11 is 0. The molecule has 0 bridgehead atoms. The molecule has 3 N–H and O–H groups in total. The van der Waals surface area contributed by atoms with E-state index in [-0.39, 0.29) is 5.84 Å². The van der Waals surface area contributed by atoms with Crippen molar-refractivity contribution in [2.75, 3.05) is 11.9 Å². The highest BCUT2D eigenvalue weighted by Gasteiger charge is 2.23. The van der Waals surface area contributed by atoms with Crippen molar-refractivity contribution >= 4 is 11.7 Å². The molecule has 5 nitrogen and oxygen atoms in total. The molecule has 1 unspecified atom stereocenters. The lowest BCUT2D eigenvalue weighted by molar-refractivity contribution is 0.318. The molecule has 21 heavy (non-hydrogen) atoms. The van der Waals surface area contributed by atoms with E-state index in [0.717, 1.165) is 42.8 Å². The molecule has 1 aliphatic carbocycles. The highest BCUT2D eigenvalue weighted by Crippen LogP contribution is 2.28. The second kappa shape index (κ2) is 6.33. The summed E-state index contributed by atoms with van der Waals surface area (Å²) in [4.78, 5) is 6.95. The highest BCUT2D eigenvalue weighted by molar-refractivity contribution is 6.01. The molecule has 0 radical (unpaired) electrons. The summed E-state index contributed by atoms with van der Waals surface area (Å²) in [5, 5.41) is 12.2. The van der Waals surface area contributed by atoms with Gasteiger partial charge in [0.25, 0.3) is 0 Å². The molecule has 0 saturated carbocycles. The number of oxime groups is 1. The normalized spacial score (nSPS) is 16.1. The highest BCUT2D eigenvalue weighted by atomic mass is 16.4. The summed E-state index contributed by atoms with van der Waals surface area (Å²) in [5.74, 6) is 1.57. The molecule has 116 valence electrons. The molecule has 0 aromatic carbocycles. The van der Waals surface area contributed by atoms with Crippen LogP contribution < -0.4 is 10.6 Å². The number of hydrogen-bond acceptors (Lipinski definition) is 4. The van der Waals surface area contributed by atoms with Crippen LogP contribution in [0.3, 0.4) is 0 Å². The summed E-state index contributed by atoms with van der Waals surface area (Å²) < 4.78 is 0. The first kappa shape index (κ1) is 15.6. The van der Waals surface area contributed by atoms with Crippen LogP contribution in [0.2, 0.25) is 0 Å². The number of hydrogen-bond donors (Lipinski definition) is 2. The number of aromatic nitrogens is 1. The standard InChI is InChI=1S/C16H26N4O/c1-10(2)8-11(3)20(4)16-13(15(17)19-21)9-12-6-5-7-14(12)18-16/h9-11,21H,5-8H2,1-4H3,(H2,17,19). The van der Waals surface area contributed by atoms with Gasteiger partial charge < -0.3 is 15.8 Å². The second-order valence-corrected chi connectivity index (χ2v) is 6.39. The quantitative estimate of drug-likeness (QED) is 0.378. The van der Waals surface area contributed by atoms with Crippen LogP contribution in [0.15, 0.2) is 11.2 Å². The Hall–Kier alpha value is -1.78. The van der Waals surface area contributed by atoms with Crippen molar-refractivity contribution in [3.63, 3.8) is 0 Å². The monoisotopic (exact) mass is 290 g/mol. The largest absolute Gasteiger partial charge is 0.409 e. The zero-order valence-corrected chi connectivity index (χ0v) is 13.4. The predicted octanol–water partition coefficient (Wildman–Crippen LogP) is 2.54. The summed E-state index contributed by atoms with van der Waals surface area (Å²) in [5.41, 5.74) is 8.98. The van der Waals surface area contributed by atoms with E-state index in [1.165, 1.54) is 5.56 Å². The second-order valence-electron chi connectivity index (χ2n) is 6.39. The number of nitrogens with zero attached hydrogens (tertiary/aromatic N) is 3. The smallest absolute Gasteiger partial charge is 0.173 e. The van der Waals surface area contributed by atoms with E-state index in [0.29, 0.717) is 12.0 Å². The zero-order valence-electron chi connectivity index (χ0n) is 13.4. The van der Waals surface area contributed by atoms with Gasteiger partial charge in [0, 0.05) is 18.8 Å². The first-order valence-electron chi connectivity index (χ1n) is 7.67. The Morgan fingerprint density at radius 2 is 2.14 bits per heavy atom. The van der Waals surface area contributed by atoms with Gasteiger partial charge in [0.1, 0.15) is 5.82 Å². The molecule has 0 saturated heterocycles. The fraction of sp³-hybridized carbons (Fsp3) is 0.625. The average molecular weight is 290 g/mol. The van der Waals surface area contributed by atoms with Gasteiger partial charge in [-0.2, -0.15) is 0 Å². The number of amidine groups is 1. The van der Waals surface area contributed by atoms with E-state index < -0.39 is 0 Å². The number of anilines is 1. The van der Waals surface area contributed by atoms with Crippen LogP contribution in [0.4, 0.5) is 5.82 Å². The van der Waals surface area contributed by atoms with Crippen molar-refractivity contribution in [2.24, 2.45) is 16.8 Å². The van der Waals surface area contributed by atoms with Crippen LogP contribution in [-0.4, -0.2) is 29.1 Å². The van der Waals surface area contributed by atoms with E-state index >= 15 is 0 Å². The Balaban J connectivity index is 2.41. The molecule has 0 amide bonds. The maximum absolute atomic E-state index is 9.04. The summed E-state index contributed by atoms with van der Waals surface area (Å²) in [6, 6.07) is 2.39. The minimum atomic E-state index is 0.135. The Morgan fingerprint density at radius 1 is 1.43 bits per heavy atom. The Kier molecular flexibility index (Phi) is 4.70. The predicted molar refractivity (Wildman–Crippen MR) is 86.1 cm³/mol. The Labute approximate surface area is 126 Å². The fourth-order valence-corrected chi connectivity index (χ4v) is 3.02. The Morgan fingerprint density at radius 3 is 2.76 bits per heavy atom. The molecule has 1 heterocycles. The number of nitrogens with two attached hydrogens (primary N) is 1. The van der Waals surface area contributed by atoms with Crippen LogP contribution in [0, 0.1) is 5.92 Å². The van der Waals surface area contributed by atoms with Gasteiger partial charge in [-0.1, -0.05) is 19.0 Å². The third-order valence-electron chi connectivity index (χ3n) is 4.22. The molecule has 2 rings (SSSR count). The maximum atomic E-state index is 9.04. The lowest BCUT2D eigenvalue weighted by atomic mass is 10.0. The van der Waals surface area contributed by atoms with Crippen molar-refractivity contribution in [3.8, 4) is 0 Å². The van der Waals surface area contributed by atoms with E-state index in [1.807, 2.05) is 13.1 Å². The zero-order chi connectivity index (χ0) is 15.6. The van der Waals surface area contributed by atoms with Crippen LogP contribution in [0.25, 0.3) is 0 Å². The van der Waals surface area contributed by atoms with Crippen LogP contribution >= 0.6 is 0 Å². The van der Waals surface area contributed by atoms with Crippen molar-refractivity contribution in [1.82, 2.24) is 4.98 Å². The van der Waals surface area contributed by atoms with Crippen LogP contribution in [-0.2, 0) is 12.8 Å². The van der Waals surface area contributed by atoms with E-state index in [1.54, 1.807) is 0 Å². The van der Waals surface area contributed by atoms with Gasteiger partial charge in [-0.05, 0) is 50.2 Å². The molecule has 0 spiro atoms. The summed E-state index contributed by atoms with van der Waals surface area (Å²) in [6.45, 7) is 6.61. The van der Waals surface area contributed by atoms with E-state index in [2.05, 4.69) is 30.8 Å². The Bertz CT molecular complexity index is 539. The van der Waals surface area contributed by atoms with Gasteiger partial charge in [-0.15, -0.1) is 0 Å². The van der Waals surface area contributed by atoms with Crippen molar-refractivity contribution in [3.05, 3.63) is 22.9 Å². The van der Waals surface area contributed by atoms with Crippen LogP contribution in [0.5, 0.6) is 0 Å². The molecule has 5 heteroatoms. The van der Waals surface area contributed by atoms with Crippen molar-refractivity contribution < 1.29 is 5.21 Å². The first-order valence-corrected chi connectivity index (χ1v) is 7.67. The molecule has 0 fully saturated rings.